The number of nitrogen functional groups attached to an aromatic ring is 1. The van der Waals surface area contributed by atoms with Crippen molar-refractivity contribution in [3.63, 3.8) is 0 Å². The lowest BCUT2D eigenvalue weighted by Gasteiger charge is -2.08. The van der Waals surface area contributed by atoms with E-state index >= 15 is 0 Å². The SMILES string of the molecule is Cc1ccc(-n2nnnc2-c2cccc(N)c2Br)cc1F. The van der Waals surface area contributed by atoms with E-state index in [9.17, 15) is 4.39 Å². The lowest BCUT2D eigenvalue weighted by atomic mass is 10.1. The molecule has 2 N–H and O–H groups in total. The molecule has 2 aromatic carbocycles. The molecule has 0 amide bonds. The van der Waals surface area contributed by atoms with Crippen LogP contribution in [0.2, 0.25) is 0 Å². The number of rotatable bonds is 2. The topological polar surface area (TPSA) is 69.6 Å². The average Bonchev–Trinajstić information content (AvgIpc) is 2.94. The minimum absolute atomic E-state index is 0.305. The van der Waals surface area contributed by atoms with Gasteiger partial charge in [-0.05, 0) is 63.1 Å². The second kappa shape index (κ2) is 5.25. The van der Waals surface area contributed by atoms with Crippen LogP contribution in [-0.4, -0.2) is 20.2 Å². The van der Waals surface area contributed by atoms with Crippen molar-refractivity contribution in [2.45, 2.75) is 6.92 Å². The van der Waals surface area contributed by atoms with Gasteiger partial charge in [-0.3, -0.25) is 0 Å². The summed E-state index contributed by atoms with van der Waals surface area (Å²) in [5.41, 5.74) is 8.31. The zero-order valence-corrected chi connectivity index (χ0v) is 12.7. The number of hydrogen-bond acceptors (Lipinski definition) is 4. The van der Waals surface area contributed by atoms with Crippen molar-refractivity contribution in [2.75, 3.05) is 5.73 Å². The first kappa shape index (κ1) is 13.7. The molecular weight excluding hydrogens is 337 g/mol. The maximum Gasteiger partial charge on any atom is 0.188 e. The highest BCUT2D eigenvalue weighted by Gasteiger charge is 2.15. The summed E-state index contributed by atoms with van der Waals surface area (Å²) < 4.78 is 15.9. The third-order valence-electron chi connectivity index (χ3n) is 3.14. The first-order valence-corrected chi connectivity index (χ1v) is 6.96. The van der Waals surface area contributed by atoms with Crippen molar-refractivity contribution in [1.82, 2.24) is 20.2 Å². The van der Waals surface area contributed by atoms with E-state index in [1.807, 2.05) is 12.1 Å². The van der Waals surface area contributed by atoms with Gasteiger partial charge in [-0.1, -0.05) is 12.1 Å². The van der Waals surface area contributed by atoms with Crippen LogP contribution in [0.1, 0.15) is 5.56 Å². The van der Waals surface area contributed by atoms with Crippen LogP contribution >= 0.6 is 15.9 Å². The lowest BCUT2D eigenvalue weighted by Crippen LogP contribution is -2.02. The molecule has 3 rings (SSSR count). The maximum absolute atomic E-state index is 13.7. The highest BCUT2D eigenvalue weighted by Crippen LogP contribution is 2.32. The van der Waals surface area contributed by atoms with Crippen molar-refractivity contribution in [3.8, 4) is 17.1 Å². The normalized spacial score (nSPS) is 10.8. The lowest BCUT2D eigenvalue weighted by molar-refractivity contribution is 0.615. The summed E-state index contributed by atoms with van der Waals surface area (Å²) in [5.74, 6) is 0.179. The third-order valence-corrected chi connectivity index (χ3v) is 4.02. The van der Waals surface area contributed by atoms with E-state index in [0.717, 1.165) is 5.56 Å². The summed E-state index contributed by atoms with van der Waals surface area (Å²) in [7, 11) is 0. The number of aryl methyl sites for hydroxylation is 1. The van der Waals surface area contributed by atoms with Gasteiger partial charge in [0.15, 0.2) is 5.82 Å². The average molecular weight is 348 g/mol. The van der Waals surface area contributed by atoms with Gasteiger partial charge < -0.3 is 5.73 Å². The van der Waals surface area contributed by atoms with Crippen molar-refractivity contribution < 1.29 is 4.39 Å². The molecule has 0 spiro atoms. The van der Waals surface area contributed by atoms with E-state index in [-0.39, 0.29) is 5.82 Å². The smallest absolute Gasteiger partial charge is 0.188 e. The van der Waals surface area contributed by atoms with E-state index in [0.29, 0.717) is 27.2 Å². The summed E-state index contributed by atoms with van der Waals surface area (Å²) in [5, 5.41) is 11.6. The van der Waals surface area contributed by atoms with Crippen LogP contribution in [0.3, 0.4) is 0 Å². The van der Waals surface area contributed by atoms with Crippen LogP contribution in [0.25, 0.3) is 17.1 Å². The fourth-order valence-corrected chi connectivity index (χ4v) is 2.41. The second-order valence-electron chi connectivity index (χ2n) is 4.56. The minimum atomic E-state index is -0.305. The number of tetrazole rings is 1. The Morgan fingerprint density at radius 3 is 2.81 bits per heavy atom. The zero-order chi connectivity index (χ0) is 15.0. The van der Waals surface area contributed by atoms with Crippen LogP contribution in [0, 0.1) is 12.7 Å². The van der Waals surface area contributed by atoms with E-state index in [4.69, 9.17) is 5.73 Å². The maximum atomic E-state index is 13.7. The molecule has 106 valence electrons. The molecular formula is C14H11BrFN5. The van der Waals surface area contributed by atoms with Gasteiger partial charge in [0, 0.05) is 11.3 Å². The monoisotopic (exact) mass is 347 g/mol. The molecule has 0 aliphatic rings. The summed E-state index contributed by atoms with van der Waals surface area (Å²) in [6, 6.07) is 10.3. The Kier molecular flexibility index (Phi) is 3.42. The predicted molar refractivity (Wildman–Crippen MR) is 81.4 cm³/mol. The highest BCUT2D eigenvalue weighted by atomic mass is 79.9. The molecule has 0 saturated carbocycles. The van der Waals surface area contributed by atoms with Gasteiger partial charge in [0.2, 0.25) is 0 Å². The standard InChI is InChI=1S/C14H11BrFN5/c1-8-5-6-9(7-11(8)16)21-14(18-19-20-21)10-3-2-4-12(17)13(10)15/h2-7H,17H2,1H3. The number of halogens is 2. The van der Waals surface area contributed by atoms with Crippen molar-refractivity contribution in [2.24, 2.45) is 0 Å². The van der Waals surface area contributed by atoms with E-state index in [2.05, 4.69) is 31.5 Å². The van der Waals surface area contributed by atoms with Crippen LogP contribution in [0.15, 0.2) is 40.9 Å². The van der Waals surface area contributed by atoms with Gasteiger partial charge in [-0.15, -0.1) is 5.10 Å². The second-order valence-corrected chi connectivity index (χ2v) is 5.35. The van der Waals surface area contributed by atoms with Gasteiger partial charge in [0.05, 0.1) is 10.2 Å². The van der Waals surface area contributed by atoms with Gasteiger partial charge in [0.25, 0.3) is 0 Å². The highest BCUT2D eigenvalue weighted by molar-refractivity contribution is 9.10. The largest absolute Gasteiger partial charge is 0.398 e. The predicted octanol–water partition coefficient (Wildman–Crippen LogP) is 3.12. The molecule has 0 radical (unpaired) electrons. The first-order chi connectivity index (χ1) is 10.1. The molecule has 0 aliphatic heterocycles. The molecule has 0 fully saturated rings. The van der Waals surface area contributed by atoms with Crippen LogP contribution in [-0.2, 0) is 0 Å². The Morgan fingerprint density at radius 2 is 2.05 bits per heavy atom. The van der Waals surface area contributed by atoms with Gasteiger partial charge in [-0.25, -0.2) is 4.39 Å². The van der Waals surface area contributed by atoms with E-state index in [1.54, 1.807) is 25.1 Å². The Morgan fingerprint density at radius 1 is 1.24 bits per heavy atom. The zero-order valence-electron chi connectivity index (χ0n) is 11.1. The first-order valence-electron chi connectivity index (χ1n) is 6.17. The number of aromatic nitrogens is 4. The molecule has 0 saturated heterocycles. The Hall–Kier alpha value is -2.28. The Bertz CT molecular complexity index is 815. The summed E-state index contributed by atoms with van der Waals surface area (Å²) in [6.45, 7) is 1.70. The molecule has 21 heavy (non-hydrogen) atoms. The van der Waals surface area contributed by atoms with Gasteiger partial charge >= 0.3 is 0 Å². The number of benzene rings is 2. The van der Waals surface area contributed by atoms with Crippen LogP contribution in [0.4, 0.5) is 10.1 Å². The van der Waals surface area contributed by atoms with Crippen LogP contribution in [0.5, 0.6) is 0 Å². The molecule has 7 heteroatoms. The van der Waals surface area contributed by atoms with Gasteiger partial charge in [-0.2, -0.15) is 4.68 Å². The van der Waals surface area contributed by atoms with Gasteiger partial charge in [0.1, 0.15) is 5.82 Å². The number of nitrogens with two attached hydrogens (primary N) is 1. The molecule has 5 nitrogen and oxygen atoms in total. The number of nitrogens with zero attached hydrogens (tertiary/aromatic N) is 4. The Balaban J connectivity index is 2.17. The van der Waals surface area contributed by atoms with Crippen molar-refractivity contribution in [1.29, 1.82) is 0 Å². The van der Waals surface area contributed by atoms with E-state index in [1.165, 1.54) is 10.7 Å². The molecule has 3 aromatic rings. The quantitative estimate of drug-likeness (QED) is 0.723. The molecule has 0 bridgehead atoms. The van der Waals surface area contributed by atoms with Crippen LogP contribution < -0.4 is 5.73 Å². The molecule has 0 atom stereocenters. The third kappa shape index (κ3) is 2.40. The van der Waals surface area contributed by atoms with Crippen molar-refractivity contribution >= 4 is 21.6 Å². The van der Waals surface area contributed by atoms with Crippen molar-refractivity contribution in [3.05, 3.63) is 52.3 Å². The molecule has 0 aliphatic carbocycles. The summed E-state index contributed by atoms with van der Waals surface area (Å²) in [4.78, 5) is 0. The number of hydrogen-bond donors (Lipinski definition) is 1. The fraction of sp³-hybridized carbons (Fsp3) is 0.0714. The minimum Gasteiger partial charge on any atom is -0.398 e. The molecule has 1 heterocycles. The Labute approximate surface area is 128 Å². The summed E-state index contributed by atoms with van der Waals surface area (Å²) >= 11 is 3.43. The molecule has 1 aromatic heterocycles. The molecule has 0 unspecified atom stereocenters. The number of anilines is 1. The fourth-order valence-electron chi connectivity index (χ4n) is 1.97. The summed E-state index contributed by atoms with van der Waals surface area (Å²) in [6.07, 6.45) is 0. The van der Waals surface area contributed by atoms with E-state index < -0.39 is 0 Å².